The van der Waals surface area contributed by atoms with Crippen LogP contribution in [-0.2, 0) is 6.54 Å². The van der Waals surface area contributed by atoms with Crippen LogP contribution in [0.3, 0.4) is 0 Å². The van der Waals surface area contributed by atoms with Crippen molar-refractivity contribution in [2.24, 2.45) is 5.92 Å². The molecule has 0 aliphatic heterocycles. The molecular weight excluding hydrogens is 294 g/mol. The Kier molecular flexibility index (Phi) is 4.65. The molecule has 0 radical (unpaired) electrons. The lowest BCUT2D eigenvalue weighted by molar-refractivity contribution is 0.0957. The second-order valence-electron chi connectivity index (χ2n) is 5.49. The van der Waals surface area contributed by atoms with Gasteiger partial charge in [0.05, 0.1) is 6.61 Å². The molecule has 1 aliphatic rings. The van der Waals surface area contributed by atoms with Crippen molar-refractivity contribution in [3.63, 3.8) is 0 Å². The number of amides is 1. The number of hydrogen-bond donors (Lipinski definition) is 2. The first-order chi connectivity index (χ1) is 11.2. The van der Waals surface area contributed by atoms with Gasteiger partial charge in [0.15, 0.2) is 5.69 Å². The van der Waals surface area contributed by atoms with Gasteiger partial charge in [0.25, 0.3) is 5.91 Å². The van der Waals surface area contributed by atoms with Gasteiger partial charge in [-0.25, -0.2) is 4.98 Å². The molecule has 3 rings (SSSR count). The lowest BCUT2D eigenvalue weighted by Crippen LogP contribution is -2.19. The SMILES string of the molecule is CNC(=O)c1ccc(NCc2ccnc(OCC3CC3)c2)nn1. The van der Waals surface area contributed by atoms with Crippen molar-refractivity contribution >= 4 is 11.7 Å². The van der Waals surface area contributed by atoms with Crippen LogP contribution < -0.4 is 15.4 Å². The lowest BCUT2D eigenvalue weighted by Gasteiger charge is -2.08. The van der Waals surface area contributed by atoms with E-state index in [4.69, 9.17) is 4.74 Å². The van der Waals surface area contributed by atoms with Crippen LogP contribution in [0.5, 0.6) is 5.88 Å². The van der Waals surface area contributed by atoms with Gasteiger partial charge in [-0.3, -0.25) is 4.79 Å². The summed E-state index contributed by atoms with van der Waals surface area (Å²) >= 11 is 0. The number of nitrogens with zero attached hydrogens (tertiary/aromatic N) is 3. The summed E-state index contributed by atoms with van der Waals surface area (Å²) in [6.07, 6.45) is 4.25. The van der Waals surface area contributed by atoms with Gasteiger partial charge in [0, 0.05) is 25.9 Å². The van der Waals surface area contributed by atoms with E-state index in [1.54, 1.807) is 25.4 Å². The van der Waals surface area contributed by atoms with E-state index in [1.165, 1.54) is 12.8 Å². The third-order valence-electron chi connectivity index (χ3n) is 3.56. The number of hydrogen-bond acceptors (Lipinski definition) is 6. The summed E-state index contributed by atoms with van der Waals surface area (Å²) in [5.41, 5.74) is 1.33. The third kappa shape index (κ3) is 4.38. The maximum Gasteiger partial charge on any atom is 0.271 e. The zero-order chi connectivity index (χ0) is 16.1. The maximum atomic E-state index is 11.4. The van der Waals surface area contributed by atoms with E-state index >= 15 is 0 Å². The summed E-state index contributed by atoms with van der Waals surface area (Å²) in [6.45, 7) is 1.33. The van der Waals surface area contributed by atoms with Crippen LogP contribution in [0.1, 0.15) is 28.9 Å². The molecule has 1 saturated carbocycles. The second kappa shape index (κ2) is 7.04. The molecule has 0 atom stereocenters. The number of carbonyl (C=O) groups excluding carboxylic acids is 1. The van der Waals surface area contributed by atoms with Crippen LogP contribution >= 0.6 is 0 Å². The number of anilines is 1. The lowest BCUT2D eigenvalue weighted by atomic mass is 10.2. The number of carbonyl (C=O) groups is 1. The molecule has 2 aromatic heterocycles. The summed E-state index contributed by atoms with van der Waals surface area (Å²) in [7, 11) is 1.56. The van der Waals surface area contributed by atoms with Gasteiger partial charge in [0.2, 0.25) is 5.88 Å². The van der Waals surface area contributed by atoms with Gasteiger partial charge in [0.1, 0.15) is 5.82 Å². The molecular formula is C16H19N5O2. The smallest absolute Gasteiger partial charge is 0.271 e. The fraction of sp³-hybridized carbons (Fsp3) is 0.375. The highest BCUT2D eigenvalue weighted by atomic mass is 16.5. The first-order valence-electron chi connectivity index (χ1n) is 7.62. The van der Waals surface area contributed by atoms with Crippen LogP contribution in [0.15, 0.2) is 30.5 Å². The topological polar surface area (TPSA) is 89.0 Å². The zero-order valence-electron chi connectivity index (χ0n) is 13.0. The Hall–Kier alpha value is -2.70. The number of nitrogens with one attached hydrogen (secondary N) is 2. The Morgan fingerprint density at radius 2 is 2.17 bits per heavy atom. The van der Waals surface area contributed by atoms with E-state index in [2.05, 4.69) is 25.8 Å². The summed E-state index contributed by atoms with van der Waals surface area (Å²) in [5, 5.41) is 13.5. The van der Waals surface area contributed by atoms with Gasteiger partial charge >= 0.3 is 0 Å². The summed E-state index contributed by atoms with van der Waals surface area (Å²) in [5.74, 6) is 1.70. The summed E-state index contributed by atoms with van der Waals surface area (Å²) < 4.78 is 5.67. The molecule has 7 nitrogen and oxygen atoms in total. The Bertz CT molecular complexity index is 670. The minimum Gasteiger partial charge on any atom is -0.477 e. The molecule has 0 aromatic carbocycles. The average Bonchev–Trinajstić information content (AvgIpc) is 3.43. The van der Waals surface area contributed by atoms with Crippen LogP contribution in [0.4, 0.5) is 5.82 Å². The maximum absolute atomic E-state index is 11.4. The van der Waals surface area contributed by atoms with Crippen molar-refractivity contribution < 1.29 is 9.53 Å². The van der Waals surface area contributed by atoms with Gasteiger partial charge in [-0.2, -0.15) is 0 Å². The van der Waals surface area contributed by atoms with Crippen molar-refractivity contribution in [2.75, 3.05) is 19.0 Å². The highest BCUT2D eigenvalue weighted by Gasteiger charge is 2.22. The molecule has 2 N–H and O–H groups in total. The second-order valence-corrected chi connectivity index (χ2v) is 5.49. The highest BCUT2D eigenvalue weighted by Crippen LogP contribution is 2.29. The number of ether oxygens (including phenoxy) is 1. The van der Waals surface area contributed by atoms with Gasteiger partial charge in [-0.05, 0) is 42.5 Å². The van der Waals surface area contributed by atoms with E-state index < -0.39 is 0 Å². The number of pyridine rings is 1. The first kappa shape index (κ1) is 15.2. The fourth-order valence-electron chi connectivity index (χ4n) is 2.00. The molecule has 0 bridgehead atoms. The monoisotopic (exact) mass is 313 g/mol. The molecule has 2 aromatic rings. The van der Waals surface area contributed by atoms with E-state index in [1.807, 2.05) is 12.1 Å². The minimum absolute atomic E-state index is 0.254. The Balaban J connectivity index is 1.54. The Labute approximate surface area is 134 Å². The highest BCUT2D eigenvalue weighted by molar-refractivity contribution is 5.91. The van der Waals surface area contributed by atoms with E-state index in [0.717, 1.165) is 12.2 Å². The van der Waals surface area contributed by atoms with Crippen LogP contribution in [0.2, 0.25) is 0 Å². The van der Waals surface area contributed by atoms with Crippen molar-refractivity contribution in [1.82, 2.24) is 20.5 Å². The zero-order valence-corrected chi connectivity index (χ0v) is 13.0. The fourth-order valence-corrected chi connectivity index (χ4v) is 2.00. The Morgan fingerprint density at radius 3 is 2.87 bits per heavy atom. The number of aromatic nitrogens is 3. The first-order valence-corrected chi connectivity index (χ1v) is 7.62. The van der Waals surface area contributed by atoms with Crippen molar-refractivity contribution in [2.45, 2.75) is 19.4 Å². The standard InChI is InChI=1S/C16H19N5O2/c1-17-16(22)13-4-5-14(21-20-13)19-9-12-6-7-18-15(8-12)23-10-11-2-3-11/h4-8,11H,2-3,9-10H2,1H3,(H,17,22)(H,19,21). The average molecular weight is 313 g/mol. The van der Waals surface area contributed by atoms with E-state index in [0.29, 0.717) is 24.2 Å². The molecule has 120 valence electrons. The molecule has 2 heterocycles. The molecule has 0 unspecified atom stereocenters. The predicted molar refractivity (Wildman–Crippen MR) is 85.2 cm³/mol. The van der Waals surface area contributed by atoms with E-state index in [-0.39, 0.29) is 11.6 Å². The molecule has 7 heteroatoms. The molecule has 1 aliphatic carbocycles. The molecule has 1 amide bonds. The van der Waals surface area contributed by atoms with Crippen molar-refractivity contribution in [1.29, 1.82) is 0 Å². The molecule has 23 heavy (non-hydrogen) atoms. The molecule has 0 spiro atoms. The quantitative estimate of drug-likeness (QED) is 0.807. The number of rotatable bonds is 7. The van der Waals surface area contributed by atoms with Crippen molar-refractivity contribution in [3.05, 3.63) is 41.7 Å². The molecule has 1 fully saturated rings. The van der Waals surface area contributed by atoms with Crippen LogP contribution in [-0.4, -0.2) is 34.7 Å². The van der Waals surface area contributed by atoms with Gasteiger partial charge in [-0.15, -0.1) is 10.2 Å². The van der Waals surface area contributed by atoms with Gasteiger partial charge in [-0.1, -0.05) is 0 Å². The minimum atomic E-state index is -0.254. The summed E-state index contributed by atoms with van der Waals surface area (Å²) in [6, 6.07) is 7.19. The van der Waals surface area contributed by atoms with Crippen molar-refractivity contribution in [3.8, 4) is 5.88 Å². The van der Waals surface area contributed by atoms with Crippen LogP contribution in [0.25, 0.3) is 0 Å². The Morgan fingerprint density at radius 1 is 1.30 bits per heavy atom. The summed E-state index contributed by atoms with van der Waals surface area (Å²) in [4.78, 5) is 15.6. The van der Waals surface area contributed by atoms with E-state index in [9.17, 15) is 4.79 Å². The normalized spacial score (nSPS) is 13.4. The predicted octanol–water partition coefficient (Wildman–Crippen LogP) is 1.63. The van der Waals surface area contributed by atoms with Gasteiger partial charge < -0.3 is 15.4 Å². The largest absolute Gasteiger partial charge is 0.477 e. The molecule has 0 saturated heterocycles. The third-order valence-corrected chi connectivity index (χ3v) is 3.56. The van der Waals surface area contributed by atoms with Crippen LogP contribution in [0, 0.1) is 5.92 Å².